The molecule has 4 aliphatic rings. The molecule has 2 aliphatic heterocycles. The number of likely N-dealkylation sites (tertiary alicyclic amines) is 1. The number of fused-ring (bicyclic) bond motifs is 1. The van der Waals surface area contributed by atoms with Gasteiger partial charge in [-0.1, -0.05) is 44.9 Å². The van der Waals surface area contributed by atoms with Gasteiger partial charge in [0.25, 0.3) is 0 Å². The number of aliphatic carboxylic acids is 1. The van der Waals surface area contributed by atoms with Gasteiger partial charge < -0.3 is 14.6 Å². The summed E-state index contributed by atoms with van der Waals surface area (Å²) in [6, 6.07) is -0.449. The van der Waals surface area contributed by atoms with E-state index >= 15 is 0 Å². The summed E-state index contributed by atoms with van der Waals surface area (Å²) in [4.78, 5) is 14.9. The second-order valence-corrected chi connectivity index (χ2v) is 9.58. The van der Waals surface area contributed by atoms with Crippen molar-refractivity contribution in [3.05, 3.63) is 0 Å². The summed E-state index contributed by atoms with van der Waals surface area (Å²) in [6.45, 7) is 0.836. The highest BCUT2D eigenvalue weighted by molar-refractivity contribution is 5.74. The minimum atomic E-state index is -0.665. The van der Waals surface area contributed by atoms with Crippen LogP contribution in [0.15, 0.2) is 0 Å². The van der Waals surface area contributed by atoms with E-state index in [1.54, 1.807) is 14.2 Å². The minimum Gasteiger partial charge on any atom is -0.480 e. The molecule has 166 valence electrons. The lowest BCUT2D eigenvalue weighted by Crippen LogP contribution is -2.72. The van der Waals surface area contributed by atoms with Gasteiger partial charge in [-0.25, -0.2) is 0 Å². The van der Waals surface area contributed by atoms with Gasteiger partial charge in [-0.05, 0) is 36.5 Å². The molecular formula is C22H39N3O4. The Balaban J connectivity index is 1.63. The molecule has 0 bridgehead atoms. The third-order valence-electron chi connectivity index (χ3n) is 8.09. The molecule has 29 heavy (non-hydrogen) atoms. The van der Waals surface area contributed by atoms with Gasteiger partial charge in [0, 0.05) is 27.2 Å². The van der Waals surface area contributed by atoms with E-state index < -0.39 is 12.0 Å². The van der Waals surface area contributed by atoms with Crippen LogP contribution in [-0.2, 0) is 14.3 Å². The topological polar surface area (TPSA) is 83.1 Å². The van der Waals surface area contributed by atoms with Gasteiger partial charge in [-0.3, -0.25) is 20.3 Å². The number of piperidine rings is 1. The van der Waals surface area contributed by atoms with E-state index in [0.717, 1.165) is 6.54 Å². The first-order valence-corrected chi connectivity index (χ1v) is 11.7. The summed E-state index contributed by atoms with van der Waals surface area (Å²) in [6.07, 6.45) is 11.3. The summed E-state index contributed by atoms with van der Waals surface area (Å²) >= 11 is 0. The van der Waals surface area contributed by atoms with E-state index in [2.05, 4.69) is 15.5 Å². The molecule has 0 aromatic heterocycles. The first-order chi connectivity index (χ1) is 14.1. The highest BCUT2D eigenvalue weighted by Gasteiger charge is 2.52. The van der Waals surface area contributed by atoms with Gasteiger partial charge in [-0.15, -0.1) is 0 Å². The molecule has 0 radical (unpaired) electrons. The Bertz CT molecular complexity index is 544. The number of hydrogen-bond donors (Lipinski definition) is 3. The fourth-order valence-electron chi connectivity index (χ4n) is 6.76. The largest absolute Gasteiger partial charge is 0.480 e. The number of carboxylic acid groups (broad SMARTS) is 1. The van der Waals surface area contributed by atoms with Crippen molar-refractivity contribution >= 4 is 5.97 Å². The Morgan fingerprint density at radius 3 is 2.10 bits per heavy atom. The quantitative estimate of drug-likeness (QED) is 0.644. The van der Waals surface area contributed by atoms with Crippen LogP contribution in [0.2, 0.25) is 0 Å². The predicted octanol–water partition coefficient (Wildman–Crippen LogP) is 2.57. The first-order valence-electron chi connectivity index (χ1n) is 11.7. The molecule has 0 amide bonds. The highest BCUT2D eigenvalue weighted by Crippen LogP contribution is 2.49. The lowest BCUT2D eigenvalue weighted by molar-refractivity contribution is -0.169. The van der Waals surface area contributed by atoms with Crippen LogP contribution in [0.4, 0.5) is 0 Å². The van der Waals surface area contributed by atoms with Crippen molar-refractivity contribution in [1.82, 2.24) is 15.5 Å². The number of carbonyl (C=O) groups is 1. The monoisotopic (exact) mass is 409 g/mol. The standard InChI is InChI=1S/C22H39N3O4/c1-28-17-12-18(29-2)24-22(23-17)25-13-15-10-6-7-11-16(15)19(20(25)21(26)27)14-8-4-3-5-9-14/h14-20,22-24H,3-13H2,1-2H3,(H,26,27). The van der Waals surface area contributed by atoms with Gasteiger partial charge >= 0.3 is 5.97 Å². The maximum atomic E-state index is 12.7. The molecule has 2 heterocycles. The van der Waals surface area contributed by atoms with E-state index in [1.807, 2.05) is 0 Å². The zero-order valence-electron chi connectivity index (χ0n) is 18.0. The molecule has 2 saturated heterocycles. The van der Waals surface area contributed by atoms with Crippen LogP contribution in [0.25, 0.3) is 0 Å². The molecule has 0 aromatic rings. The summed E-state index contributed by atoms with van der Waals surface area (Å²) < 4.78 is 11.2. The number of methoxy groups -OCH3 is 2. The van der Waals surface area contributed by atoms with E-state index in [0.29, 0.717) is 24.2 Å². The Morgan fingerprint density at radius 2 is 1.48 bits per heavy atom. The second kappa shape index (κ2) is 9.60. The molecule has 7 heteroatoms. The SMILES string of the molecule is COC1CC(OC)NC(N2CC3CCCCC3C(C3CCCCC3)C2C(=O)O)N1. The molecule has 3 N–H and O–H groups in total. The molecule has 2 saturated carbocycles. The van der Waals surface area contributed by atoms with Gasteiger partial charge in [0.1, 0.15) is 24.8 Å². The van der Waals surface area contributed by atoms with Crippen molar-refractivity contribution in [3.63, 3.8) is 0 Å². The Morgan fingerprint density at radius 1 is 0.897 bits per heavy atom. The van der Waals surface area contributed by atoms with Crippen LogP contribution in [0, 0.1) is 23.7 Å². The Hall–Kier alpha value is -0.730. The predicted molar refractivity (Wildman–Crippen MR) is 110 cm³/mol. The molecule has 0 spiro atoms. The molecule has 2 aliphatic carbocycles. The van der Waals surface area contributed by atoms with Crippen molar-refractivity contribution < 1.29 is 19.4 Å². The maximum Gasteiger partial charge on any atom is 0.321 e. The van der Waals surface area contributed by atoms with Gasteiger partial charge in [0.05, 0.1) is 0 Å². The molecular weight excluding hydrogens is 370 g/mol. The normalized spacial score (nSPS) is 42.3. The van der Waals surface area contributed by atoms with Crippen molar-refractivity contribution in [3.8, 4) is 0 Å². The zero-order chi connectivity index (χ0) is 20.4. The Labute approximate surface area is 174 Å². The van der Waals surface area contributed by atoms with Gasteiger partial charge in [0.2, 0.25) is 0 Å². The lowest BCUT2D eigenvalue weighted by atomic mass is 9.60. The van der Waals surface area contributed by atoms with Crippen LogP contribution in [-0.4, -0.2) is 61.5 Å². The van der Waals surface area contributed by atoms with E-state index in [-0.39, 0.29) is 24.7 Å². The van der Waals surface area contributed by atoms with Crippen LogP contribution < -0.4 is 10.6 Å². The molecule has 6 atom stereocenters. The number of nitrogens with one attached hydrogen (secondary N) is 2. The van der Waals surface area contributed by atoms with E-state index in [9.17, 15) is 9.90 Å². The molecule has 4 fully saturated rings. The average molecular weight is 410 g/mol. The summed E-state index contributed by atoms with van der Waals surface area (Å²) in [5, 5.41) is 17.4. The number of ether oxygens (including phenoxy) is 2. The first kappa shape index (κ1) is 21.5. The van der Waals surface area contributed by atoms with Crippen LogP contribution in [0.5, 0.6) is 0 Å². The van der Waals surface area contributed by atoms with Crippen LogP contribution >= 0.6 is 0 Å². The van der Waals surface area contributed by atoms with E-state index in [4.69, 9.17) is 9.47 Å². The minimum absolute atomic E-state index is 0.141. The highest BCUT2D eigenvalue weighted by atomic mass is 16.5. The van der Waals surface area contributed by atoms with Crippen LogP contribution in [0.1, 0.15) is 64.2 Å². The molecule has 4 rings (SSSR count). The molecule has 6 unspecified atom stereocenters. The third kappa shape index (κ3) is 4.49. The third-order valence-corrected chi connectivity index (χ3v) is 8.09. The van der Waals surface area contributed by atoms with Gasteiger partial charge in [0.15, 0.2) is 0 Å². The maximum absolute atomic E-state index is 12.7. The average Bonchev–Trinajstić information content (AvgIpc) is 2.77. The summed E-state index contributed by atoms with van der Waals surface area (Å²) in [7, 11) is 3.39. The van der Waals surface area contributed by atoms with Gasteiger partial charge in [-0.2, -0.15) is 0 Å². The van der Waals surface area contributed by atoms with Crippen molar-refractivity contribution in [2.24, 2.45) is 23.7 Å². The smallest absolute Gasteiger partial charge is 0.321 e. The van der Waals surface area contributed by atoms with E-state index in [1.165, 1.54) is 57.8 Å². The molecule has 0 aromatic carbocycles. The zero-order valence-corrected chi connectivity index (χ0v) is 18.0. The number of hydrogen-bond acceptors (Lipinski definition) is 6. The summed E-state index contributed by atoms with van der Waals surface area (Å²) in [5.74, 6) is 1.28. The number of nitrogens with zero attached hydrogens (tertiary/aromatic N) is 1. The second-order valence-electron chi connectivity index (χ2n) is 9.58. The fraction of sp³-hybridized carbons (Fsp3) is 0.955. The van der Waals surface area contributed by atoms with Crippen molar-refractivity contribution in [2.45, 2.75) is 89.0 Å². The van der Waals surface area contributed by atoms with Crippen LogP contribution in [0.3, 0.4) is 0 Å². The number of rotatable bonds is 5. The lowest BCUT2D eigenvalue weighted by Gasteiger charge is -2.55. The fourth-order valence-corrected chi connectivity index (χ4v) is 6.76. The Kier molecular flexibility index (Phi) is 7.12. The molecule has 7 nitrogen and oxygen atoms in total. The van der Waals surface area contributed by atoms with Crippen molar-refractivity contribution in [2.75, 3.05) is 20.8 Å². The summed E-state index contributed by atoms with van der Waals surface area (Å²) in [5.41, 5.74) is 0. The van der Waals surface area contributed by atoms with Crippen molar-refractivity contribution in [1.29, 1.82) is 0 Å². The number of carboxylic acids is 1.